The molecular formula is C10H12BrN5O. The Morgan fingerprint density at radius 2 is 2.24 bits per heavy atom. The first-order valence-corrected chi connectivity index (χ1v) is 6.14. The molecule has 1 saturated carbocycles. The molecule has 0 aromatic carbocycles. The van der Waals surface area contributed by atoms with E-state index in [1.807, 2.05) is 11.6 Å². The van der Waals surface area contributed by atoms with E-state index in [0.717, 1.165) is 5.39 Å². The first kappa shape index (κ1) is 10.9. The number of rotatable bonds is 1. The number of nitrogens with zero attached hydrogens (tertiary/aromatic N) is 4. The third kappa shape index (κ3) is 1.61. The van der Waals surface area contributed by atoms with Gasteiger partial charge >= 0.3 is 0 Å². The van der Waals surface area contributed by atoms with Gasteiger partial charge in [0, 0.05) is 0 Å². The minimum Gasteiger partial charge on any atom is -0.390 e. The molecule has 2 heterocycles. The Labute approximate surface area is 106 Å². The van der Waals surface area contributed by atoms with Gasteiger partial charge in [0.25, 0.3) is 0 Å². The van der Waals surface area contributed by atoms with Crippen LogP contribution in [0.4, 0.5) is 5.82 Å². The molecule has 0 unspecified atom stereocenters. The molecule has 1 aliphatic carbocycles. The number of halogens is 1. The second kappa shape index (κ2) is 3.39. The standard InChI is InChI=1S/C10H12BrN5O/c1-10(17)2-5(3-10)16-9-6(7(11)15-16)8(12)13-4-14-9/h4-5,17H,2-3H2,1H3,(H2,12,13,14). The Hall–Kier alpha value is -1.21. The molecule has 0 spiro atoms. The van der Waals surface area contributed by atoms with Crippen LogP contribution in [0.15, 0.2) is 10.9 Å². The van der Waals surface area contributed by atoms with E-state index in [1.165, 1.54) is 6.33 Å². The van der Waals surface area contributed by atoms with Crippen molar-refractivity contribution in [2.24, 2.45) is 0 Å². The Balaban J connectivity index is 2.10. The number of hydrogen-bond donors (Lipinski definition) is 2. The number of anilines is 1. The SMILES string of the molecule is CC1(O)CC(n2nc(Br)c3c(N)ncnc32)C1. The molecule has 0 aliphatic heterocycles. The second-order valence-electron chi connectivity index (χ2n) is 4.75. The first-order chi connectivity index (χ1) is 7.98. The van der Waals surface area contributed by atoms with Crippen molar-refractivity contribution in [2.75, 3.05) is 5.73 Å². The molecule has 2 aromatic rings. The van der Waals surface area contributed by atoms with Crippen LogP contribution in [0.3, 0.4) is 0 Å². The molecule has 3 N–H and O–H groups in total. The van der Waals surface area contributed by atoms with Gasteiger partial charge in [0.2, 0.25) is 0 Å². The van der Waals surface area contributed by atoms with Gasteiger partial charge in [0.1, 0.15) is 16.7 Å². The fourth-order valence-corrected chi connectivity index (χ4v) is 2.89. The van der Waals surface area contributed by atoms with Gasteiger partial charge < -0.3 is 10.8 Å². The molecule has 1 aliphatic rings. The van der Waals surface area contributed by atoms with Crippen molar-refractivity contribution < 1.29 is 5.11 Å². The van der Waals surface area contributed by atoms with Gasteiger partial charge in [-0.2, -0.15) is 5.10 Å². The molecular weight excluding hydrogens is 286 g/mol. The van der Waals surface area contributed by atoms with E-state index in [1.54, 1.807) is 0 Å². The van der Waals surface area contributed by atoms with Crippen molar-refractivity contribution in [3.05, 3.63) is 10.9 Å². The predicted octanol–water partition coefficient (Wildman–Crippen LogP) is 1.26. The van der Waals surface area contributed by atoms with Crippen molar-refractivity contribution >= 4 is 32.8 Å². The average Bonchev–Trinajstić information content (AvgIpc) is 2.54. The van der Waals surface area contributed by atoms with Gasteiger partial charge in [-0.1, -0.05) is 0 Å². The lowest BCUT2D eigenvalue weighted by atomic mass is 9.77. The first-order valence-electron chi connectivity index (χ1n) is 5.34. The fraction of sp³-hybridized carbons (Fsp3) is 0.500. The van der Waals surface area contributed by atoms with E-state index < -0.39 is 5.60 Å². The highest BCUT2D eigenvalue weighted by molar-refractivity contribution is 9.10. The van der Waals surface area contributed by atoms with E-state index in [0.29, 0.717) is 28.9 Å². The molecule has 2 aromatic heterocycles. The summed E-state index contributed by atoms with van der Waals surface area (Å²) in [5, 5.41) is 14.9. The van der Waals surface area contributed by atoms with Crippen LogP contribution in [-0.4, -0.2) is 30.5 Å². The number of nitrogen functional groups attached to an aromatic ring is 1. The van der Waals surface area contributed by atoms with E-state index in [2.05, 4.69) is 31.0 Å². The van der Waals surface area contributed by atoms with E-state index in [4.69, 9.17) is 5.73 Å². The average molecular weight is 298 g/mol. The van der Waals surface area contributed by atoms with Crippen molar-refractivity contribution in [1.29, 1.82) is 0 Å². The number of aromatic nitrogens is 4. The summed E-state index contributed by atoms with van der Waals surface area (Å²) in [5.74, 6) is 0.416. The van der Waals surface area contributed by atoms with Gasteiger partial charge in [-0.3, -0.25) is 0 Å². The zero-order chi connectivity index (χ0) is 12.2. The van der Waals surface area contributed by atoms with Crippen molar-refractivity contribution in [2.45, 2.75) is 31.4 Å². The number of fused-ring (bicyclic) bond motifs is 1. The summed E-state index contributed by atoms with van der Waals surface area (Å²) in [4.78, 5) is 8.16. The molecule has 7 heteroatoms. The molecule has 0 bridgehead atoms. The van der Waals surface area contributed by atoms with Crippen LogP contribution in [0, 0.1) is 0 Å². The minimum absolute atomic E-state index is 0.174. The lowest BCUT2D eigenvalue weighted by molar-refractivity contribution is -0.0532. The summed E-state index contributed by atoms with van der Waals surface area (Å²) in [7, 11) is 0. The largest absolute Gasteiger partial charge is 0.390 e. The van der Waals surface area contributed by atoms with Crippen LogP contribution in [0.2, 0.25) is 0 Å². The highest BCUT2D eigenvalue weighted by Crippen LogP contribution is 2.42. The van der Waals surface area contributed by atoms with Gasteiger partial charge in [0.05, 0.1) is 17.0 Å². The lowest BCUT2D eigenvalue weighted by Gasteiger charge is -2.40. The molecule has 1 fully saturated rings. The molecule has 3 rings (SSSR count). The molecule has 0 saturated heterocycles. The third-order valence-electron chi connectivity index (χ3n) is 3.17. The maximum atomic E-state index is 9.77. The van der Waals surface area contributed by atoms with Gasteiger partial charge in [-0.15, -0.1) is 0 Å². The smallest absolute Gasteiger partial charge is 0.164 e. The van der Waals surface area contributed by atoms with Crippen LogP contribution in [0.25, 0.3) is 11.0 Å². The molecule has 17 heavy (non-hydrogen) atoms. The van der Waals surface area contributed by atoms with Crippen LogP contribution < -0.4 is 5.73 Å². The van der Waals surface area contributed by atoms with Gasteiger partial charge in [-0.25, -0.2) is 14.6 Å². The maximum absolute atomic E-state index is 9.77. The quantitative estimate of drug-likeness (QED) is 0.827. The molecule has 0 atom stereocenters. The van der Waals surface area contributed by atoms with Gasteiger partial charge in [0.15, 0.2) is 5.65 Å². The normalized spacial score (nSPS) is 28.3. The summed E-state index contributed by atoms with van der Waals surface area (Å²) in [6.07, 6.45) is 2.79. The Morgan fingerprint density at radius 3 is 2.88 bits per heavy atom. The second-order valence-corrected chi connectivity index (χ2v) is 5.50. The lowest BCUT2D eigenvalue weighted by Crippen LogP contribution is -2.42. The Bertz CT molecular complexity index is 586. The van der Waals surface area contributed by atoms with Gasteiger partial charge in [-0.05, 0) is 35.7 Å². The minimum atomic E-state index is -0.589. The molecule has 6 nitrogen and oxygen atoms in total. The van der Waals surface area contributed by atoms with Crippen molar-refractivity contribution in [3.8, 4) is 0 Å². The summed E-state index contributed by atoms with van der Waals surface area (Å²) >= 11 is 3.36. The van der Waals surface area contributed by atoms with E-state index >= 15 is 0 Å². The van der Waals surface area contributed by atoms with Crippen LogP contribution in [0.5, 0.6) is 0 Å². The zero-order valence-electron chi connectivity index (χ0n) is 9.26. The van der Waals surface area contributed by atoms with Crippen LogP contribution in [0.1, 0.15) is 25.8 Å². The maximum Gasteiger partial charge on any atom is 0.164 e. The summed E-state index contributed by atoms with van der Waals surface area (Å²) in [6.45, 7) is 1.83. The molecule has 90 valence electrons. The van der Waals surface area contributed by atoms with Crippen LogP contribution >= 0.6 is 15.9 Å². The van der Waals surface area contributed by atoms with Crippen molar-refractivity contribution in [3.63, 3.8) is 0 Å². The monoisotopic (exact) mass is 297 g/mol. The third-order valence-corrected chi connectivity index (χ3v) is 3.73. The van der Waals surface area contributed by atoms with Crippen LogP contribution in [-0.2, 0) is 0 Å². The topological polar surface area (TPSA) is 89.8 Å². The highest BCUT2D eigenvalue weighted by Gasteiger charge is 2.41. The number of hydrogen-bond acceptors (Lipinski definition) is 5. The summed E-state index contributed by atoms with van der Waals surface area (Å²) in [5.41, 5.74) is 5.92. The fourth-order valence-electron chi connectivity index (χ4n) is 2.34. The number of aliphatic hydroxyl groups is 1. The summed E-state index contributed by atoms with van der Waals surface area (Å²) < 4.78 is 2.47. The predicted molar refractivity (Wildman–Crippen MR) is 66.3 cm³/mol. The Morgan fingerprint density at radius 1 is 1.53 bits per heavy atom. The zero-order valence-corrected chi connectivity index (χ0v) is 10.8. The number of nitrogens with two attached hydrogens (primary N) is 1. The molecule has 0 amide bonds. The van der Waals surface area contributed by atoms with E-state index in [9.17, 15) is 5.11 Å². The summed E-state index contributed by atoms with van der Waals surface area (Å²) in [6, 6.07) is 0.174. The molecule has 0 radical (unpaired) electrons. The van der Waals surface area contributed by atoms with Crippen molar-refractivity contribution in [1.82, 2.24) is 19.7 Å². The highest BCUT2D eigenvalue weighted by atomic mass is 79.9. The Kier molecular flexibility index (Phi) is 2.18. The van der Waals surface area contributed by atoms with E-state index in [-0.39, 0.29) is 6.04 Å².